The van der Waals surface area contributed by atoms with Crippen molar-refractivity contribution < 1.29 is 77.4 Å². The van der Waals surface area contributed by atoms with Crippen molar-refractivity contribution in [2.45, 2.75) is 150 Å². The molecule has 15 nitrogen and oxygen atoms in total. The van der Waals surface area contributed by atoms with E-state index in [1.807, 2.05) is 30.5 Å². The number of H-pyrrole nitrogens is 1. The average molecular weight is 1960 g/mol. The molecule has 4 amide bonds. The molecule has 4 saturated heterocycles. The van der Waals surface area contributed by atoms with Gasteiger partial charge in [-0.1, -0.05) is 92.8 Å². The maximum atomic E-state index is 14.1. The summed E-state index contributed by atoms with van der Waals surface area (Å²) in [5, 5.41) is 5.80. The first-order valence-electron chi connectivity index (χ1n) is 42.4. The van der Waals surface area contributed by atoms with Gasteiger partial charge in [-0.05, 0) is 239 Å². The standard InChI is InChI=1S/C25H24Cl2F2N2O3.C25H26Cl2F2N2O2.C24H23Cl2F3N2O.C23H21Cl2F3N2O/c1-14-10-16(25(3,28)29)11-22-19(14)12-17(31(22)15(2)32)13-20-21(26)5-4-18(23(20)27)24(33)30-6-8-34-9-7-30;1-4-31-17(13-19-15(2)11-16(12-22(19)31)25(3,28)29)14-20-21(26)6-5-18(23(20)27)24(32)30-7-9-33-10-8-30;1-14-10-15(24(27,28)29)11-21-18(14)12-16(30(21)2)13-19-20(25)7-6-17(22(19)26)23(32)31-8-4-3-5-9-31;1-13-9-14(23(26,27)28)10-20-17(13)11-15(29-20)12-18-19(24)6-5-16(21(18)25)22(31)30-7-3-2-4-8-30/h4-5,10-12H,6-9,13H2,1-3H3;5-6,11-13H,4,7-10,14H2,1-3H3;6-7,10-12H,3-5,8-9,13H2,1-2H3;5-6,9-11,29H,2-4,7-8,12H2,1H3. The minimum Gasteiger partial charge on any atom is -0.378 e. The number of alkyl halides is 10. The molecule has 130 heavy (non-hydrogen) atoms. The van der Waals surface area contributed by atoms with Crippen LogP contribution in [0, 0.1) is 27.7 Å². The lowest BCUT2D eigenvalue weighted by atomic mass is 10.0. The molecule has 12 aromatic rings. The van der Waals surface area contributed by atoms with E-state index in [1.54, 1.807) is 119 Å². The monoisotopic (exact) mass is 1950 g/mol. The quantitative estimate of drug-likeness (QED) is 0.101. The fraction of sp³-hybridized carbons (Fsp3) is 0.371. The van der Waals surface area contributed by atoms with E-state index in [-0.39, 0.29) is 63.5 Å². The molecule has 0 unspecified atom stereocenters. The number of halogens is 18. The number of morpholine rings is 2. The number of piperidine rings is 2. The van der Waals surface area contributed by atoms with Crippen LogP contribution in [0.3, 0.4) is 0 Å². The van der Waals surface area contributed by atoms with Crippen molar-refractivity contribution in [1.82, 2.24) is 38.3 Å². The molecule has 4 aliphatic rings. The van der Waals surface area contributed by atoms with Crippen LogP contribution in [0.2, 0.25) is 40.2 Å². The Bertz CT molecular complexity index is 6360. The van der Waals surface area contributed by atoms with Crippen molar-refractivity contribution in [3.8, 4) is 0 Å². The van der Waals surface area contributed by atoms with Crippen molar-refractivity contribution in [3.63, 3.8) is 0 Å². The fourth-order valence-electron chi connectivity index (χ4n) is 17.2. The van der Waals surface area contributed by atoms with Gasteiger partial charge in [0.25, 0.3) is 35.5 Å². The minimum atomic E-state index is -4.42. The predicted molar refractivity (Wildman–Crippen MR) is 495 cm³/mol. The molecule has 4 aromatic heterocycles. The van der Waals surface area contributed by atoms with Crippen molar-refractivity contribution in [2.24, 2.45) is 7.05 Å². The van der Waals surface area contributed by atoms with E-state index >= 15 is 0 Å². The smallest absolute Gasteiger partial charge is 0.378 e. The average Bonchev–Trinajstić information content (AvgIpc) is 1.63. The normalized spacial score (nSPS) is 14.8. The Kier molecular flexibility index (Phi) is 30.6. The summed E-state index contributed by atoms with van der Waals surface area (Å²) in [6.07, 6.45) is -1.64. The maximum Gasteiger partial charge on any atom is 0.416 e. The number of rotatable bonds is 15. The van der Waals surface area contributed by atoms with Gasteiger partial charge in [-0.3, -0.25) is 28.5 Å². The number of carbonyl (C=O) groups is 5. The van der Waals surface area contributed by atoms with Crippen LogP contribution in [0.15, 0.2) is 121 Å². The van der Waals surface area contributed by atoms with Crippen LogP contribution in [0.5, 0.6) is 0 Å². The van der Waals surface area contributed by atoms with E-state index in [9.17, 15) is 67.9 Å². The van der Waals surface area contributed by atoms with E-state index in [0.29, 0.717) is 228 Å². The summed E-state index contributed by atoms with van der Waals surface area (Å²) in [4.78, 5) is 74.7. The fourth-order valence-corrected chi connectivity index (χ4v) is 19.6. The minimum absolute atomic E-state index is 0.0129. The van der Waals surface area contributed by atoms with Gasteiger partial charge in [0, 0.05) is 204 Å². The van der Waals surface area contributed by atoms with Gasteiger partial charge in [-0.15, -0.1) is 0 Å². The van der Waals surface area contributed by atoms with E-state index in [2.05, 4.69) is 4.98 Å². The Labute approximate surface area is 785 Å². The van der Waals surface area contributed by atoms with E-state index in [4.69, 9.17) is 102 Å². The van der Waals surface area contributed by atoms with Gasteiger partial charge in [0.15, 0.2) is 0 Å². The number of likely N-dealkylation sites (tertiary alicyclic amines) is 2. The number of aromatic nitrogens is 4. The number of aromatic amines is 1. The number of nitrogens with zero attached hydrogens (tertiary/aromatic N) is 7. The summed E-state index contributed by atoms with van der Waals surface area (Å²) in [5.41, 5.74) is 9.65. The summed E-state index contributed by atoms with van der Waals surface area (Å²) in [6.45, 7) is 19.2. The van der Waals surface area contributed by atoms with Crippen LogP contribution in [0.4, 0.5) is 43.9 Å². The largest absolute Gasteiger partial charge is 0.416 e. The highest BCUT2D eigenvalue weighted by Gasteiger charge is 2.36. The molecule has 8 aromatic carbocycles. The van der Waals surface area contributed by atoms with Crippen molar-refractivity contribution >= 4 is 166 Å². The van der Waals surface area contributed by atoms with Crippen LogP contribution in [-0.2, 0) is 72.9 Å². The molecule has 8 heterocycles. The molecule has 1 N–H and O–H groups in total. The van der Waals surface area contributed by atoms with Gasteiger partial charge in [0.2, 0.25) is 5.91 Å². The number of fused-ring (bicyclic) bond motifs is 4. The van der Waals surface area contributed by atoms with Gasteiger partial charge >= 0.3 is 12.4 Å². The highest BCUT2D eigenvalue weighted by Crippen LogP contribution is 2.44. The Hall–Kier alpha value is -8.99. The van der Waals surface area contributed by atoms with Gasteiger partial charge in [-0.2, -0.15) is 26.3 Å². The number of hydrogen-bond donors (Lipinski definition) is 1. The van der Waals surface area contributed by atoms with E-state index in [1.165, 1.54) is 29.7 Å². The van der Waals surface area contributed by atoms with Crippen molar-refractivity contribution in [2.75, 3.05) is 78.8 Å². The Balaban J connectivity index is 0.000000148. The first-order chi connectivity index (χ1) is 61.3. The highest BCUT2D eigenvalue weighted by atomic mass is 35.5. The van der Waals surface area contributed by atoms with E-state index in [0.717, 1.165) is 110 Å². The van der Waals surface area contributed by atoms with Crippen LogP contribution < -0.4 is 0 Å². The Morgan fingerprint density at radius 2 is 0.700 bits per heavy atom. The van der Waals surface area contributed by atoms with Crippen LogP contribution >= 0.6 is 92.8 Å². The third-order valence-corrected chi connectivity index (χ3v) is 27.4. The van der Waals surface area contributed by atoms with E-state index < -0.39 is 35.3 Å². The first kappa shape index (κ1) is 98.5. The Morgan fingerprint density at radius 3 is 1.09 bits per heavy atom. The number of amides is 4. The number of carbonyl (C=O) groups excluding carboxylic acids is 5. The number of ether oxygens (including phenoxy) is 2. The summed E-state index contributed by atoms with van der Waals surface area (Å²) < 4.78 is 151. The number of nitrogens with one attached hydrogen (secondary N) is 1. The topological polar surface area (TPSA) is 147 Å². The summed E-state index contributed by atoms with van der Waals surface area (Å²) in [7, 11) is 1.72. The zero-order valence-electron chi connectivity index (χ0n) is 72.6. The van der Waals surface area contributed by atoms with Crippen LogP contribution in [0.1, 0.15) is 202 Å². The molecule has 0 aliphatic carbocycles. The Morgan fingerprint density at radius 1 is 0.377 bits per heavy atom. The number of aryl methyl sites for hydroxylation is 6. The second-order valence-corrected chi connectivity index (χ2v) is 36.5. The molecular formula is C97H94Cl8F10N8O7. The summed E-state index contributed by atoms with van der Waals surface area (Å²) >= 11 is 52.4. The molecule has 0 radical (unpaired) electrons. The SMILES string of the molecule is CC(=O)n1c(Cc2c(Cl)ccc(C(=O)N3CCOCC3)c2Cl)cc2c(C)cc(C(C)(F)F)cc21.CCn1c(Cc2c(Cl)ccc(C(=O)N3CCOCC3)c2Cl)cc2c(C)cc(C(C)(F)F)cc21.Cc1cc(C(F)(F)F)cc2[nH]c(Cc3c(Cl)ccc(C(=O)N4CCCCC4)c3Cl)cc12.Cc1cc(C(F)(F)F)cc2c1cc(Cc1c(Cl)ccc(C(=O)N3CCCCC3)c1Cl)n2C. The number of benzene rings is 8. The van der Waals surface area contributed by atoms with Gasteiger partial charge in [-0.25, -0.2) is 17.6 Å². The molecule has 16 rings (SSSR count). The van der Waals surface area contributed by atoms with Gasteiger partial charge in [0.05, 0.1) is 85.4 Å². The van der Waals surface area contributed by atoms with Gasteiger partial charge in [0.1, 0.15) is 0 Å². The second kappa shape index (κ2) is 40.4. The van der Waals surface area contributed by atoms with Crippen molar-refractivity contribution in [1.29, 1.82) is 0 Å². The predicted octanol–water partition coefficient (Wildman–Crippen LogP) is 26.6. The molecule has 0 saturated carbocycles. The lowest BCUT2D eigenvalue weighted by Gasteiger charge is -2.27. The molecule has 33 heteroatoms. The summed E-state index contributed by atoms with van der Waals surface area (Å²) in [5.74, 6) is -6.91. The van der Waals surface area contributed by atoms with Crippen molar-refractivity contribution in [3.05, 3.63) is 273 Å². The third-order valence-electron chi connectivity index (χ3n) is 24.3. The molecule has 0 atom stereocenters. The lowest BCUT2D eigenvalue weighted by Crippen LogP contribution is -2.40. The zero-order chi connectivity index (χ0) is 94.2. The molecule has 4 aliphatic heterocycles. The third kappa shape index (κ3) is 21.6. The molecule has 4 fully saturated rings. The maximum absolute atomic E-state index is 14.1. The zero-order valence-corrected chi connectivity index (χ0v) is 78.6. The molecular weight excluding hydrogens is 1860 g/mol. The lowest BCUT2D eigenvalue weighted by molar-refractivity contribution is -0.138. The second-order valence-electron chi connectivity index (χ2n) is 33.3. The summed E-state index contributed by atoms with van der Waals surface area (Å²) in [6, 6.07) is 31.0. The van der Waals surface area contributed by atoms with Gasteiger partial charge < -0.3 is 43.2 Å². The highest BCUT2D eigenvalue weighted by molar-refractivity contribution is 6.40. The first-order valence-corrected chi connectivity index (χ1v) is 45.5. The molecule has 0 spiro atoms. The number of hydrogen-bond acceptors (Lipinski definition) is 7. The van der Waals surface area contributed by atoms with Crippen LogP contribution in [0.25, 0.3) is 43.6 Å². The molecule has 690 valence electrons. The molecule has 0 bridgehead atoms. The van der Waals surface area contributed by atoms with Crippen LogP contribution in [-0.4, -0.2) is 147 Å².